The normalized spacial score (nSPS) is 18.5. The number of fused-ring (bicyclic) bond motifs is 2. The number of para-hydroxylation sites is 2. The number of piperazine rings is 1. The second-order valence-electron chi connectivity index (χ2n) is 8.71. The highest BCUT2D eigenvalue weighted by Gasteiger charge is 2.38. The molecule has 1 fully saturated rings. The van der Waals surface area contributed by atoms with Gasteiger partial charge in [-0.15, -0.1) is 24.8 Å². The lowest BCUT2D eigenvalue weighted by atomic mass is 10.2. The van der Waals surface area contributed by atoms with Gasteiger partial charge in [0.25, 0.3) is 10.0 Å². The fraction of sp³-hybridized carbons (Fsp3) is 0.458. The zero-order valence-corrected chi connectivity index (χ0v) is 23.0. The molecule has 0 aromatic heterocycles. The van der Waals surface area contributed by atoms with Gasteiger partial charge in [-0.2, -0.15) is 0 Å². The average Bonchev–Trinajstić information content (AvgIpc) is 3.10. The smallest absolute Gasteiger partial charge is 0.335 e. The van der Waals surface area contributed by atoms with Crippen molar-refractivity contribution in [1.29, 1.82) is 0 Å². The van der Waals surface area contributed by atoms with E-state index in [-0.39, 0.29) is 41.9 Å². The highest BCUT2D eigenvalue weighted by molar-refractivity contribution is 7.90. The third kappa shape index (κ3) is 5.95. The van der Waals surface area contributed by atoms with E-state index >= 15 is 0 Å². The van der Waals surface area contributed by atoms with E-state index in [0.717, 1.165) is 41.9 Å². The van der Waals surface area contributed by atoms with Crippen LogP contribution in [0.15, 0.2) is 41.3 Å². The minimum atomic E-state index is -3.99. The molecule has 3 aliphatic heterocycles. The lowest BCUT2D eigenvalue weighted by molar-refractivity contribution is 0.225. The molecule has 1 N–H and O–H groups in total. The van der Waals surface area contributed by atoms with E-state index in [0.29, 0.717) is 44.1 Å². The van der Waals surface area contributed by atoms with Crippen molar-refractivity contribution >= 4 is 52.2 Å². The topological polar surface area (TPSA) is 101 Å². The van der Waals surface area contributed by atoms with Gasteiger partial charge in [0.2, 0.25) is 0 Å². The van der Waals surface area contributed by atoms with Gasteiger partial charge in [0.1, 0.15) is 10.6 Å². The molecule has 2 aromatic carbocycles. The maximum absolute atomic E-state index is 13.3. The summed E-state index contributed by atoms with van der Waals surface area (Å²) in [5.41, 5.74) is 1.31. The molecule has 5 rings (SSSR count). The molecular weight excluding hydrogens is 543 g/mol. The first-order valence-corrected chi connectivity index (χ1v) is 13.3. The van der Waals surface area contributed by atoms with E-state index < -0.39 is 16.1 Å². The van der Waals surface area contributed by atoms with Gasteiger partial charge in [-0.05, 0) is 18.6 Å². The molecule has 2 aromatic rings. The van der Waals surface area contributed by atoms with Crippen molar-refractivity contribution in [2.75, 3.05) is 69.8 Å². The van der Waals surface area contributed by atoms with Crippen molar-refractivity contribution in [3.05, 3.63) is 36.4 Å². The molecule has 0 spiro atoms. The molecule has 0 saturated carbocycles. The second-order valence-corrected chi connectivity index (χ2v) is 10.5. The monoisotopic (exact) mass is 574 g/mol. The van der Waals surface area contributed by atoms with Crippen molar-refractivity contribution in [2.24, 2.45) is 0 Å². The zero-order chi connectivity index (χ0) is 24.4. The van der Waals surface area contributed by atoms with E-state index in [2.05, 4.69) is 21.2 Å². The van der Waals surface area contributed by atoms with Crippen LogP contribution in [-0.2, 0) is 10.0 Å². The summed E-state index contributed by atoms with van der Waals surface area (Å²) >= 11 is 0. The number of hydrogen-bond donors (Lipinski definition) is 1. The number of amides is 2. The summed E-state index contributed by atoms with van der Waals surface area (Å²) in [7, 11) is -2.31. The Labute approximate surface area is 229 Å². The number of carbonyl (C=O) groups is 1. The molecule has 13 heteroatoms. The van der Waals surface area contributed by atoms with Crippen LogP contribution in [0.3, 0.4) is 0 Å². The van der Waals surface area contributed by atoms with Crippen LogP contribution in [0.25, 0.3) is 0 Å². The molecule has 0 aliphatic carbocycles. The van der Waals surface area contributed by atoms with E-state index in [9.17, 15) is 13.2 Å². The summed E-state index contributed by atoms with van der Waals surface area (Å²) in [6.07, 6.45) is 1.25. The lowest BCUT2D eigenvalue weighted by Crippen LogP contribution is -2.48. The van der Waals surface area contributed by atoms with Gasteiger partial charge in [0, 0.05) is 57.8 Å². The Morgan fingerprint density at radius 2 is 1.65 bits per heavy atom. The van der Waals surface area contributed by atoms with Crippen LogP contribution in [0.4, 0.5) is 16.2 Å². The van der Waals surface area contributed by atoms with E-state index in [1.807, 2.05) is 18.2 Å². The lowest BCUT2D eigenvalue weighted by Gasteiger charge is -2.37. The van der Waals surface area contributed by atoms with Crippen molar-refractivity contribution in [3.63, 3.8) is 0 Å². The first-order chi connectivity index (χ1) is 17.0. The Kier molecular flexibility index (Phi) is 9.63. The number of ether oxygens (including phenoxy) is 3. The molecule has 3 aliphatic rings. The van der Waals surface area contributed by atoms with Crippen molar-refractivity contribution in [2.45, 2.75) is 17.7 Å². The van der Waals surface area contributed by atoms with Crippen molar-refractivity contribution < 1.29 is 27.4 Å². The number of carbonyl (C=O) groups excluding carboxylic acids is 1. The fourth-order valence-corrected chi connectivity index (χ4v) is 6.18. The number of methoxy groups -OCH3 is 1. The first-order valence-electron chi connectivity index (χ1n) is 11.8. The SMILES string of the molecule is COc1ccccc1N1CCN(CCCN2C(=O)Nc3cc4c(cc3S2(=O)=O)OCCCO4)CC1.Cl.Cl. The Morgan fingerprint density at radius 1 is 0.973 bits per heavy atom. The summed E-state index contributed by atoms with van der Waals surface area (Å²) in [6.45, 7) is 5.14. The number of benzene rings is 2. The van der Waals surface area contributed by atoms with Gasteiger partial charge >= 0.3 is 6.03 Å². The van der Waals surface area contributed by atoms with Crippen LogP contribution >= 0.6 is 24.8 Å². The standard InChI is InChI=1S/C24H30N4O6S.2ClH/c1-32-20-7-3-2-6-19(20)27-12-10-26(11-13-27)8-4-9-28-24(29)25-18-16-21-22(34-15-5-14-33-21)17-23(18)35(28,30)31;;/h2-3,6-7,16-17H,4-5,8-15H2,1H3,(H,25,29);2*1H. The molecule has 2 amide bonds. The minimum absolute atomic E-state index is 0. The van der Waals surface area contributed by atoms with Crippen LogP contribution in [0.2, 0.25) is 0 Å². The van der Waals surface area contributed by atoms with Crippen LogP contribution in [0.1, 0.15) is 12.8 Å². The molecule has 37 heavy (non-hydrogen) atoms. The van der Waals surface area contributed by atoms with Gasteiger partial charge in [-0.25, -0.2) is 17.5 Å². The maximum atomic E-state index is 13.3. The van der Waals surface area contributed by atoms with Gasteiger partial charge in [-0.3, -0.25) is 4.90 Å². The van der Waals surface area contributed by atoms with Gasteiger partial charge in [0.05, 0.1) is 31.7 Å². The van der Waals surface area contributed by atoms with Crippen LogP contribution < -0.4 is 24.4 Å². The molecule has 0 unspecified atom stereocenters. The molecule has 0 radical (unpaired) electrons. The van der Waals surface area contributed by atoms with Crippen LogP contribution in [0.5, 0.6) is 17.2 Å². The zero-order valence-electron chi connectivity index (χ0n) is 20.6. The first kappa shape index (κ1) is 29.0. The largest absolute Gasteiger partial charge is 0.495 e. The summed E-state index contributed by atoms with van der Waals surface area (Å²) in [6, 6.07) is 10.3. The predicted octanol–water partition coefficient (Wildman–Crippen LogP) is 3.45. The number of halogens is 2. The molecule has 3 heterocycles. The van der Waals surface area contributed by atoms with Gasteiger partial charge in [-0.1, -0.05) is 12.1 Å². The van der Waals surface area contributed by atoms with E-state index in [1.165, 1.54) is 12.1 Å². The molecule has 10 nitrogen and oxygen atoms in total. The van der Waals surface area contributed by atoms with Crippen molar-refractivity contribution in [1.82, 2.24) is 9.21 Å². The van der Waals surface area contributed by atoms with E-state index in [1.54, 1.807) is 7.11 Å². The number of nitrogens with zero attached hydrogens (tertiary/aromatic N) is 3. The van der Waals surface area contributed by atoms with E-state index in [4.69, 9.17) is 14.2 Å². The number of rotatable bonds is 6. The Balaban J connectivity index is 0.00000190. The molecular formula is C24H32Cl2N4O6S. The van der Waals surface area contributed by atoms with Crippen LogP contribution in [-0.4, -0.2) is 83.2 Å². The summed E-state index contributed by atoms with van der Waals surface area (Å²) < 4.78 is 44.2. The molecule has 0 bridgehead atoms. The third-order valence-electron chi connectivity index (χ3n) is 6.52. The highest BCUT2D eigenvalue weighted by Crippen LogP contribution is 2.40. The molecule has 0 atom stereocenters. The number of urea groups is 1. The highest BCUT2D eigenvalue weighted by atomic mass is 35.5. The summed E-state index contributed by atoms with van der Waals surface area (Å²) in [5.74, 6) is 1.68. The Bertz CT molecular complexity index is 1210. The Hall–Kier alpha value is -2.60. The number of sulfonamides is 1. The van der Waals surface area contributed by atoms with Crippen molar-refractivity contribution in [3.8, 4) is 17.2 Å². The predicted molar refractivity (Wildman–Crippen MR) is 146 cm³/mol. The van der Waals surface area contributed by atoms with Gasteiger partial charge in [0.15, 0.2) is 11.5 Å². The number of nitrogens with one attached hydrogen (secondary N) is 1. The maximum Gasteiger partial charge on any atom is 0.335 e. The quantitative estimate of drug-likeness (QED) is 0.560. The van der Waals surface area contributed by atoms with Crippen LogP contribution in [0, 0.1) is 0 Å². The molecule has 1 saturated heterocycles. The number of anilines is 2. The van der Waals surface area contributed by atoms with Gasteiger partial charge < -0.3 is 24.4 Å². The summed E-state index contributed by atoms with van der Waals surface area (Å²) in [5, 5.41) is 2.70. The summed E-state index contributed by atoms with van der Waals surface area (Å²) in [4.78, 5) is 17.3. The minimum Gasteiger partial charge on any atom is -0.495 e. The number of hydrogen-bond acceptors (Lipinski definition) is 8. The fourth-order valence-electron chi connectivity index (χ4n) is 4.67. The average molecular weight is 576 g/mol. The molecule has 204 valence electrons. The third-order valence-corrected chi connectivity index (χ3v) is 8.34. The Morgan fingerprint density at radius 3 is 2.35 bits per heavy atom. The second kappa shape index (κ2) is 12.3.